The molecule has 2 amide bonds. The number of nitrogens with zero attached hydrogens (tertiary/aromatic N) is 1. The standard InChI is InChI=1S/C12H15ClN2O3S/c13-10-4-3-9(19-10)6-14-12(18)15-5-1-2-8(7-15)11(16)17/h3-4,8H,1-2,5-7H2,(H,14,18)(H,16,17). The number of nitrogens with one attached hydrogen (secondary N) is 1. The molecule has 0 radical (unpaired) electrons. The Kier molecular flexibility index (Phi) is 4.66. The zero-order valence-electron chi connectivity index (χ0n) is 10.3. The quantitative estimate of drug-likeness (QED) is 0.901. The van der Waals surface area contributed by atoms with Gasteiger partial charge in [0.2, 0.25) is 0 Å². The van der Waals surface area contributed by atoms with Gasteiger partial charge in [0.25, 0.3) is 0 Å². The van der Waals surface area contributed by atoms with Gasteiger partial charge in [0.15, 0.2) is 0 Å². The molecule has 0 saturated carbocycles. The van der Waals surface area contributed by atoms with E-state index < -0.39 is 11.9 Å². The summed E-state index contributed by atoms with van der Waals surface area (Å²) in [5.74, 6) is -1.28. The van der Waals surface area contributed by atoms with Crippen LogP contribution in [0.2, 0.25) is 4.34 Å². The second-order valence-corrected chi connectivity index (χ2v) is 6.29. The SMILES string of the molecule is O=C(O)C1CCCN(C(=O)NCc2ccc(Cl)s2)C1. The highest BCUT2D eigenvalue weighted by Gasteiger charge is 2.27. The Morgan fingerprint density at radius 3 is 2.95 bits per heavy atom. The Bertz CT molecular complexity index is 477. The van der Waals surface area contributed by atoms with Gasteiger partial charge in [-0.1, -0.05) is 11.6 Å². The molecular formula is C12H15ClN2O3S. The number of piperidine rings is 1. The summed E-state index contributed by atoms with van der Waals surface area (Å²) in [5, 5.41) is 11.8. The van der Waals surface area contributed by atoms with Crippen LogP contribution in [-0.4, -0.2) is 35.1 Å². The van der Waals surface area contributed by atoms with E-state index in [1.807, 2.05) is 6.07 Å². The first-order chi connectivity index (χ1) is 9.06. The Balaban J connectivity index is 1.84. The first kappa shape index (κ1) is 14.1. The molecule has 1 fully saturated rings. The minimum Gasteiger partial charge on any atom is -0.481 e. The molecule has 1 unspecified atom stereocenters. The number of hydrogen-bond acceptors (Lipinski definition) is 3. The van der Waals surface area contributed by atoms with Crippen molar-refractivity contribution in [1.82, 2.24) is 10.2 Å². The fourth-order valence-electron chi connectivity index (χ4n) is 2.08. The summed E-state index contributed by atoms with van der Waals surface area (Å²) in [6.07, 6.45) is 1.37. The molecule has 0 bridgehead atoms. The molecule has 1 aromatic heterocycles. The molecular weight excluding hydrogens is 288 g/mol. The zero-order chi connectivity index (χ0) is 13.8. The highest BCUT2D eigenvalue weighted by atomic mass is 35.5. The molecule has 1 saturated heterocycles. The number of hydrogen-bond donors (Lipinski definition) is 2. The van der Waals surface area contributed by atoms with Crippen LogP contribution in [0.5, 0.6) is 0 Å². The lowest BCUT2D eigenvalue weighted by Gasteiger charge is -2.30. The minimum atomic E-state index is -0.831. The van der Waals surface area contributed by atoms with Crippen LogP contribution in [0.25, 0.3) is 0 Å². The molecule has 1 atom stereocenters. The van der Waals surface area contributed by atoms with E-state index in [0.717, 1.165) is 11.3 Å². The third-order valence-electron chi connectivity index (χ3n) is 3.10. The summed E-state index contributed by atoms with van der Waals surface area (Å²) < 4.78 is 0.688. The summed E-state index contributed by atoms with van der Waals surface area (Å²) in [4.78, 5) is 25.4. The maximum absolute atomic E-state index is 11.9. The molecule has 0 spiro atoms. The van der Waals surface area contributed by atoms with Crippen molar-refractivity contribution in [3.8, 4) is 0 Å². The topological polar surface area (TPSA) is 69.6 Å². The first-order valence-electron chi connectivity index (χ1n) is 6.06. The number of amides is 2. The molecule has 2 N–H and O–H groups in total. The first-order valence-corrected chi connectivity index (χ1v) is 7.25. The van der Waals surface area contributed by atoms with Gasteiger partial charge in [-0.25, -0.2) is 4.79 Å². The Hall–Kier alpha value is -1.27. The predicted molar refractivity (Wildman–Crippen MR) is 73.5 cm³/mol. The number of carboxylic acids is 1. The van der Waals surface area contributed by atoms with Crippen LogP contribution < -0.4 is 5.32 Å². The van der Waals surface area contributed by atoms with Crippen molar-refractivity contribution < 1.29 is 14.7 Å². The van der Waals surface area contributed by atoms with Gasteiger partial charge in [-0.15, -0.1) is 11.3 Å². The summed E-state index contributed by atoms with van der Waals surface area (Å²) >= 11 is 7.23. The molecule has 104 valence electrons. The molecule has 1 aliphatic rings. The molecule has 0 aliphatic carbocycles. The number of carboxylic acid groups (broad SMARTS) is 1. The number of carbonyl (C=O) groups is 2. The van der Waals surface area contributed by atoms with Gasteiger partial charge >= 0.3 is 12.0 Å². The van der Waals surface area contributed by atoms with Crippen LogP contribution in [0.3, 0.4) is 0 Å². The van der Waals surface area contributed by atoms with Crippen LogP contribution >= 0.6 is 22.9 Å². The second kappa shape index (κ2) is 6.25. The lowest BCUT2D eigenvalue weighted by molar-refractivity contribution is -0.143. The number of likely N-dealkylation sites (tertiary alicyclic amines) is 1. The van der Waals surface area contributed by atoms with E-state index in [4.69, 9.17) is 16.7 Å². The van der Waals surface area contributed by atoms with E-state index in [9.17, 15) is 9.59 Å². The minimum absolute atomic E-state index is 0.213. The maximum Gasteiger partial charge on any atom is 0.317 e. The summed E-state index contributed by atoms with van der Waals surface area (Å²) in [6, 6.07) is 3.44. The number of rotatable bonds is 3. The lowest BCUT2D eigenvalue weighted by atomic mass is 9.99. The van der Waals surface area contributed by atoms with Crippen LogP contribution in [-0.2, 0) is 11.3 Å². The van der Waals surface area contributed by atoms with Gasteiger partial charge in [0, 0.05) is 18.0 Å². The van der Waals surface area contributed by atoms with Crippen LogP contribution in [0.4, 0.5) is 4.79 Å². The largest absolute Gasteiger partial charge is 0.481 e. The third-order valence-corrected chi connectivity index (χ3v) is 4.33. The fraction of sp³-hybridized carbons (Fsp3) is 0.500. The number of thiophene rings is 1. The van der Waals surface area contributed by atoms with E-state index in [-0.39, 0.29) is 12.6 Å². The number of aliphatic carboxylic acids is 1. The van der Waals surface area contributed by atoms with Gasteiger partial charge in [0.1, 0.15) is 0 Å². The van der Waals surface area contributed by atoms with Crippen molar-refractivity contribution in [2.24, 2.45) is 5.92 Å². The van der Waals surface area contributed by atoms with Crippen molar-refractivity contribution in [2.45, 2.75) is 19.4 Å². The second-order valence-electron chi connectivity index (χ2n) is 4.49. The summed E-state index contributed by atoms with van der Waals surface area (Å²) in [7, 11) is 0. The van der Waals surface area contributed by atoms with Crippen molar-refractivity contribution >= 4 is 34.9 Å². The van der Waals surface area contributed by atoms with Gasteiger partial charge in [-0.2, -0.15) is 0 Å². The Morgan fingerprint density at radius 1 is 1.53 bits per heavy atom. The van der Waals surface area contributed by atoms with Crippen molar-refractivity contribution in [3.63, 3.8) is 0 Å². The lowest BCUT2D eigenvalue weighted by Crippen LogP contribution is -2.46. The molecule has 1 aliphatic heterocycles. The molecule has 7 heteroatoms. The van der Waals surface area contributed by atoms with Crippen LogP contribution in [0.15, 0.2) is 12.1 Å². The molecule has 0 aromatic carbocycles. The number of halogens is 1. The molecule has 1 aromatic rings. The smallest absolute Gasteiger partial charge is 0.317 e. The van der Waals surface area contributed by atoms with E-state index in [1.54, 1.807) is 11.0 Å². The average molecular weight is 303 g/mol. The molecule has 2 rings (SSSR count). The normalized spacial score (nSPS) is 19.2. The van der Waals surface area contributed by atoms with Crippen molar-refractivity contribution in [1.29, 1.82) is 0 Å². The van der Waals surface area contributed by atoms with E-state index in [1.165, 1.54) is 11.3 Å². The number of carbonyl (C=O) groups excluding carboxylic acids is 1. The summed E-state index contributed by atoms with van der Waals surface area (Å²) in [5.41, 5.74) is 0. The van der Waals surface area contributed by atoms with Gasteiger partial charge in [0.05, 0.1) is 16.8 Å². The predicted octanol–water partition coefficient (Wildman–Crippen LogP) is 2.41. The van der Waals surface area contributed by atoms with Crippen molar-refractivity contribution in [2.75, 3.05) is 13.1 Å². The molecule has 5 nitrogen and oxygen atoms in total. The van der Waals surface area contributed by atoms with E-state index in [0.29, 0.717) is 23.8 Å². The van der Waals surface area contributed by atoms with Crippen LogP contribution in [0, 0.1) is 5.92 Å². The van der Waals surface area contributed by atoms with E-state index in [2.05, 4.69) is 5.32 Å². The van der Waals surface area contributed by atoms with Gasteiger partial charge < -0.3 is 15.3 Å². The molecule has 2 heterocycles. The van der Waals surface area contributed by atoms with Crippen LogP contribution in [0.1, 0.15) is 17.7 Å². The van der Waals surface area contributed by atoms with Gasteiger partial charge in [-0.3, -0.25) is 4.79 Å². The van der Waals surface area contributed by atoms with Crippen molar-refractivity contribution in [3.05, 3.63) is 21.3 Å². The number of urea groups is 1. The Morgan fingerprint density at radius 2 is 2.32 bits per heavy atom. The summed E-state index contributed by atoms with van der Waals surface area (Å²) in [6.45, 7) is 1.32. The maximum atomic E-state index is 11.9. The highest BCUT2D eigenvalue weighted by molar-refractivity contribution is 7.16. The molecule has 19 heavy (non-hydrogen) atoms. The fourth-order valence-corrected chi connectivity index (χ4v) is 3.11. The zero-order valence-corrected chi connectivity index (χ0v) is 11.8. The van der Waals surface area contributed by atoms with Gasteiger partial charge in [-0.05, 0) is 25.0 Å². The monoisotopic (exact) mass is 302 g/mol. The Labute approximate surface area is 120 Å². The third kappa shape index (κ3) is 3.84. The average Bonchev–Trinajstić information content (AvgIpc) is 2.82. The van der Waals surface area contributed by atoms with E-state index >= 15 is 0 Å². The highest BCUT2D eigenvalue weighted by Crippen LogP contribution is 2.21.